The van der Waals surface area contributed by atoms with Crippen LogP contribution < -0.4 is 5.32 Å². The first-order chi connectivity index (χ1) is 6.48. The van der Waals surface area contributed by atoms with Gasteiger partial charge in [-0.05, 0) is 6.92 Å². The Bertz CT molecular complexity index is 231. The van der Waals surface area contributed by atoms with Gasteiger partial charge in [0.1, 0.15) is 0 Å². The monoisotopic (exact) mass is 239 g/mol. The molecule has 0 bridgehead atoms. The number of carbonyl (C=O) groups is 1. The van der Waals surface area contributed by atoms with Gasteiger partial charge in [0.05, 0.1) is 0 Å². The molecule has 0 saturated carbocycles. The second-order valence-electron chi connectivity index (χ2n) is 2.57. The Labute approximate surface area is 80.1 Å². The van der Waals surface area contributed by atoms with Gasteiger partial charge < -0.3 is 10.4 Å². The van der Waals surface area contributed by atoms with Gasteiger partial charge in [0.15, 0.2) is 0 Å². The maximum atomic E-state index is 11.9. The molecule has 0 heterocycles. The van der Waals surface area contributed by atoms with Gasteiger partial charge in [-0.1, -0.05) is 0 Å². The molecule has 0 aliphatic heterocycles. The fourth-order valence-corrected chi connectivity index (χ4v) is 0.707. The fourth-order valence-electron chi connectivity index (χ4n) is 0.707. The van der Waals surface area contributed by atoms with E-state index in [-0.39, 0.29) is 0 Å². The molecule has 0 fully saturated rings. The Kier molecular flexibility index (Phi) is 3.62. The summed E-state index contributed by atoms with van der Waals surface area (Å²) in [6, 6.07) is 0. The van der Waals surface area contributed by atoms with Crippen molar-refractivity contribution in [2.45, 2.75) is 24.9 Å². The Balaban J connectivity index is 5.33. The molecule has 0 aromatic heterocycles. The van der Waals surface area contributed by atoms with Crippen molar-refractivity contribution in [2.75, 3.05) is 6.54 Å². The first-order valence-corrected chi connectivity index (χ1v) is 3.62. The summed E-state index contributed by atoms with van der Waals surface area (Å²) in [6.07, 6.45) is -12.2. The number of aliphatic hydroxyl groups is 1. The molecule has 9 heteroatoms. The van der Waals surface area contributed by atoms with E-state index < -0.39 is 30.4 Å². The zero-order valence-electron chi connectivity index (χ0n) is 7.33. The van der Waals surface area contributed by atoms with Gasteiger partial charge in [-0.15, -0.1) is 0 Å². The highest BCUT2D eigenvalue weighted by molar-refractivity contribution is 5.86. The first-order valence-electron chi connectivity index (χ1n) is 3.62. The standard InChI is InChI=1S/C6H7F6NO2/c1-2-13-3(14)4(15,5(7,8)9)6(10,11)12/h15H,2H2,1H3,(H,13,14). The topological polar surface area (TPSA) is 49.3 Å². The summed E-state index contributed by atoms with van der Waals surface area (Å²) in [5.74, 6) is -2.54. The van der Waals surface area contributed by atoms with Crippen LogP contribution in [0.4, 0.5) is 26.3 Å². The van der Waals surface area contributed by atoms with Gasteiger partial charge in [0, 0.05) is 6.54 Å². The van der Waals surface area contributed by atoms with Crippen molar-refractivity contribution < 1.29 is 36.2 Å². The molecular formula is C6H7F6NO2. The molecule has 0 aliphatic rings. The molecule has 15 heavy (non-hydrogen) atoms. The molecule has 0 aromatic carbocycles. The van der Waals surface area contributed by atoms with Crippen molar-refractivity contribution >= 4 is 5.91 Å². The number of hydrogen-bond acceptors (Lipinski definition) is 2. The number of alkyl halides is 6. The Morgan fingerprint density at radius 3 is 1.67 bits per heavy atom. The normalized spacial score (nSPS) is 13.9. The second kappa shape index (κ2) is 3.87. The first kappa shape index (κ1) is 14.0. The fraction of sp³-hybridized carbons (Fsp3) is 0.833. The molecule has 90 valence electrons. The highest BCUT2D eigenvalue weighted by atomic mass is 19.4. The minimum atomic E-state index is -6.12. The Morgan fingerprint density at radius 1 is 1.13 bits per heavy atom. The van der Waals surface area contributed by atoms with Crippen molar-refractivity contribution in [1.82, 2.24) is 5.32 Å². The van der Waals surface area contributed by atoms with E-state index in [9.17, 15) is 31.1 Å². The highest BCUT2D eigenvalue weighted by Crippen LogP contribution is 2.43. The summed E-state index contributed by atoms with van der Waals surface area (Å²) < 4.78 is 71.7. The molecule has 3 nitrogen and oxygen atoms in total. The Morgan fingerprint density at radius 2 is 1.47 bits per heavy atom. The van der Waals surface area contributed by atoms with Crippen LogP contribution in [0, 0.1) is 0 Å². The van der Waals surface area contributed by atoms with Crippen LogP contribution in [0.1, 0.15) is 6.92 Å². The molecule has 0 unspecified atom stereocenters. The van der Waals surface area contributed by atoms with Crippen LogP contribution in [0.15, 0.2) is 0 Å². The summed E-state index contributed by atoms with van der Waals surface area (Å²) in [5, 5.41) is 9.69. The number of nitrogens with one attached hydrogen (secondary N) is 1. The lowest BCUT2D eigenvalue weighted by Gasteiger charge is -2.30. The predicted octanol–water partition coefficient (Wildman–Crippen LogP) is 0.978. The number of halogens is 6. The molecule has 1 amide bonds. The molecule has 0 rings (SSSR count). The minimum absolute atomic E-state index is 0.465. The summed E-state index contributed by atoms with van der Waals surface area (Å²) in [5.41, 5.74) is -5.37. The van der Waals surface area contributed by atoms with Gasteiger partial charge in [0.2, 0.25) is 0 Å². The molecule has 0 radical (unpaired) electrons. The number of likely N-dealkylation sites (N-methyl/N-ethyl adjacent to an activating group) is 1. The third-order valence-corrected chi connectivity index (χ3v) is 1.49. The van der Waals surface area contributed by atoms with Crippen LogP contribution in [-0.2, 0) is 4.79 Å². The smallest absolute Gasteiger partial charge is 0.366 e. The lowest BCUT2D eigenvalue weighted by atomic mass is 10.0. The maximum absolute atomic E-state index is 11.9. The lowest BCUT2D eigenvalue weighted by molar-refractivity contribution is -0.350. The minimum Gasteiger partial charge on any atom is -0.366 e. The van der Waals surface area contributed by atoms with Crippen LogP contribution in [0.3, 0.4) is 0 Å². The van der Waals surface area contributed by atoms with Crippen LogP contribution in [0.2, 0.25) is 0 Å². The van der Waals surface area contributed by atoms with Gasteiger partial charge in [0.25, 0.3) is 5.91 Å². The molecule has 0 spiro atoms. The average molecular weight is 239 g/mol. The second-order valence-corrected chi connectivity index (χ2v) is 2.57. The molecule has 0 atom stereocenters. The van der Waals surface area contributed by atoms with Gasteiger partial charge in [-0.25, -0.2) is 0 Å². The number of carbonyl (C=O) groups excluding carboxylic acids is 1. The number of hydrogen-bond donors (Lipinski definition) is 2. The summed E-state index contributed by atoms with van der Waals surface area (Å²) in [4.78, 5) is 10.6. The number of rotatable bonds is 2. The third-order valence-electron chi connectivity index (χ3n) is 1.49. The highest BCUT2D eigenvalue weighted by Gasteiger charge is 2.75. The molecule has 2 N–H and O–H groups in total. The van der Waals surface area contributed by atoms with E-state index in [2.05, 4.69) is 0 Å². The van der Waals surface area contributed by atoms with Crippen LogP contribution in [-0.4, -0.2) is 35.5 Å². The van der Waals surface area contributed by atoms with E-state index in [1.165, 1.54) is 5.32 Å². The molecular weight excluding hydrogens is 232 g/mol. The van der Waals surface area contributed by atoms with E-state index in [1.807, 2.05) is 0 Å². The van der Waals surface area contributed by atoms with E-state index >= 15 is 0 Å². The van der Waals surface area contributed by atoms with Gasteiger partial charge in [-0.2, -0.15) is 26.3 Å². The number of amides is 1. The van der Waals surface area contributed by atoms with E-state index in [4.69, 9.17) is 5.11 Å². The van der Waals surface area contributed by atoms with Crippen LogP contribution >= 0.6 is 0 Å². The van der Waals surface area contributed by atoms with E-state index in [0.29, 0.717) is 0 Å². The van der Waals surface area contributed by atoms with E-state index in [1.54, 1.807) is 0 Å². The van der Waals surface area contributed by atoms with Gasteiger partial charge >= 0.3 is 18.0 Å². The van der Waals surface area contributed by atoms with Crippen LogP contribution in [0.25, 0.3) is 0 Å². The summed E-state index contributed by atoms with van der Waals surface area (Å²) >= 11 is 0. The van der Waals surface area contributed by atoms with Crippen molar-refractivity contribution in [2.24, 2.45) is 0 Å². The van der Waals surface area contributed by atoms with Crippen molar-refractivity contribution in [3.05, 3.63) is 0 Å². The zero-order chi connectivity index (χ0) is 12.5. The molecule has 0 aromatic rings. The SMILES string of the molecule is CCNC(=O)C(O)(C(F)(F)F)C(F)(F)F. The van der Waals surface area contributed by atoms with Gasteiger partial charge in [-0.3, -0.25) is 4.79 Å². The zero-order valence-corrected chi connectivity index (χ0v) is 7.33. The summed E-state index contributed by atoms with van der Waals surface area (Å²) in [6.45, 7) is 0.651. The lowest BCUT2D eigenvalue weighted by Crippen LogP contribution is -2.65. The predicted molar refractivity (Wildman–Crippen MR) is 35.7 cm³/mol. The third kappa shape index (κ3) is 2.33. The Hall–Kier alpha value is -0.990. The van der Waals surface area contributed by atoms with E-state index in [0.717, 1.165) is 6.92 Å². The average Bonchev–Trinajstić information content (AvgIpc) is 1.99. The maximum Gasteiger partial charge on any atom is 0.435 e. The molecule has 0 aliphatic carbocycles. The molecule has 0 saturated heterocycles. The quantitative estimate of drug-likeness (QED) is 0.705. The van der Waals surface area contributed by atoms with Crippen molar-refractivity contribution in [3.63, 3.8) is 0 Å². The van der Waals surface area contributed by atoms with Crippen LogP contribution in [0.5, 0.6) is 0 Å². The van der Waals surface area contributed by atoms with Crippen molar-refractivity contribution in [3.8, 4) is 0 Å². The van der Waals surface area contributed by atoms with Crippen molar-refractivity contribution in [1.29, 1.82) is 0 Å². The summed E-state index contributed by atoms with van der Waals surface area (Å²) in [7, 11) is 0. The largest absolute Gasteiger partial charge is 0.435 e.